The summed E-state index contributed by atoms with van der Waals surface area (Å²) in [6, 6.07) is 5.43. The van der Waals surface area contributed by atoms with E-state index in [1.807, 2.05) is 11.8 Å². The lowest BCUT2D eigenvalue weighted by Gasteiger charge is -2.31. The number of nitrogen functional groups attached to an aromatic ring is 1. The zero-order valence-electron chi connectivity index (χ0n) is 12.0. The predicted octanol–water partition coefficient (Wildman–Crippen LogP) is 1.32. The van der Waals surface area contributed by atoms with Crippen LogP contribution in [0.15, 0.2) is 18.2 Å². The molecule has 2 amide bonds. The number of nitrogens with zero attached hydrogens (tertiary/aromatic N) is 1. The SMILES string of the molecule is CC(=O)N1CCC(NC(=O)c2ccc(N)c(C)c2)CC1. The molecule has 3 N–H and O–H groups in total. The molecule has 1 aromatic rings. The van der Waals surface area contributed by atoms with E-state index in [1.54, 1.807) is 25.1 Å². The molecule has 0 spiro atoms. The highest BCUT2D eigenvalue weighted by Gasteiger charge is 2.22. The van der Waals surface area contributed by atoms with Crippen molar-refractivity contribution in [3.63, 3.8) is 0 Å². The summed E-state index contributed by atoms with van der Waals surface area (Å²) in [5, 5.41) is 3.02. The van der Waals surface area contributed by atoms with Crippen molar-refractivity contribution in [3.05, 3.63) is 29.3 Å². The lowest BCUT2D eigenvalue weighted by molar-refractivity contribution is -0.129. The largest absolute Gasteiger partial charge is 0.399 e. The summed E-state index contributed by atoms with van der Waals surface area (Å²) in [7, 11) is 0. The fourth-order valence-electron chi connectivity index (χ4n) is 2.42. The van der Waals surface area contributed by atoms with Gasteiger partial charge in [0, 0.05) is 37.3 Å². The van der Waals surface area contributed by atoms with E-state index >= 15 is 0 Å². The number of hydrogen-bond donors (Lipinski definition) is 2. The van der Waals surface area contributed by atoms with E-state index in [-0.39, 0.29) is 17.9 Å². The second-order valence-corrected chi connectivity index (χ2v) is 5.33. The normalized spacial score (nSPS) is 16.0. The van der Waals surface area contributed by atoms with Crippen molar-refractivity contribution in [1.82, 2.24) is 10.2 Å². The minimum atomic E-state index is -0.0747. The number of aryl methyl sites for hydroxylation is 1. The molecule has 2 rings (SSSR count). The van der Waals surface area contributed by atoms with Crippen LogP contribution in [0.25, 0.3) is 0 Å². The van der Waals surface area contributed by atoms with Crippen molar-refractivity contribution < 1.29 is 9.59 Å². The van der Waals surface area contributed by atoms with Crippen LogP contribution in [0.5, 0.6) is 0 Å². The molecule has 1 heterocycles. The van der Waals surface area contributed by atoms with Crippen molar-refractivity contribution in [1.29, 1.82) is 0 Å². The molecule has 5 nitrogen and oxygen atoms in total. The second-order valence-electron chi connectivity index (χ2n) is 5.33. The first-order valence-electron chi connectivity index (χ1n) is 6.90. The average Bonchev–Trinajstić information content (AvgIpc) is 2.42. The summed E-state index contributed by atoms with van der Waals surface area (Å²) in [6.07, 6.45) is 1.61. The summed E-state index contributed by atoms with van der Waals surface area (Å²) in [4.78, 5) is 25.2. The van der Waals surface area contributed by atoms with Gasteiger partial charge < -0.3 is 16.0 Å². The zero-order chi connectivity index (χ0) is 14.7. The van der Waals surface area contributed by atoms with Crippen molar-refractivity contribution in [2.24, 2.45) is 0 Å². The van der Waals surface area contributed by atoms with Crippen LogP contribution in [0.1, 0.15) is 35.7 Å². The molecule has 1 aliphatic heterocycles. The number of piperidine rings is 1. The van der Waals surface area contributed by atoms with E-state index in [0.717, 1.165) is 18.4 Å². The van der Waals surface area contributed by atoms with Gasteiger partial charge in [-0.1, -0.05) is 0 Å². The Bertz CT molecular complexity index is 520. The Hall–Kier alpha value is -2.04. The van der Waals surface area contributed by atoms with Crippen LogP contribution in [0.2, 0.25) is 0 Å². The van der Waals surface area contributed by atoms with Crippen LogP contribution in [-0.4, -0.2) is 35.8 Å². The van der Waals surface area contributed by atoms with Gasteiger partial charge in [-0.3, -0.25) is 9.59 Å². The van der Waals surface area contributed by atoms with Gasteiger partial charge in [0.25, 0.3) is 5.91 Å². The molecule has 1 fully saturated rings. The number of rotatable bonds is 2. The van der Waals surface area contributed by atoms with Gasteiger partial charge in [0.15, 0.2) is 0 Å². The third-order valence-electron chi connectivity index (χ3n) is 3.81. The number of amides is 2. The summed E-state index contributed by atoms with van der Waals surface area (Å²) in [5.74, 6) is 0.0262. The fraction of sp³-hybridized carbons (Fsp3) is 0.467. The monoisotopic (exact) mass is 275 g/mol. The third kappa shape index (κ3) is 3.29. The third-order valence-corrected chi connectivity index (χ3v) is 3.81. The molecule has 108 valence electrons. The minimum absolute atomic E-state index is 0.0747. The van der Waals surface area contributed by atoms with Crippen LogP contribution >= 0.6 is 0 Å². The first-order valence-corrected chi connectivity index (χ1v) is 6.90. The van der Waals surface area contributed by atoms with Gasteiger partial charge in [0.05, 0.1) is 0 Å². The van der Waals surface area contributed by atoms with Crippen molar-refractivity contribution >= 4 is 17.5 Å². The highest BCUT2D eigenvalue weighted by atomic mass is 16.2. The molecule has 0 bridgehead atoms. The zero-order valence-corrected chi connectivity index (χ0v) is 12.0. The van der Waals surface area contributed by atoms with E-state index in [9.17, 15) is 9.59 Å². The Labute approximate surface area is 119 Å². The summed E-state index contributed by atoms with van der Waals surface area (Å²) < 4.78 is 0. The molecule has 0 saturated carbocycles. The van der Waals surface area contributed by atoms with Gasteiger partial charge in [-0.05, 0) is 43.5 Å². The summed E-state index contributed by atoms with van der Waals surface area (Å²) >= 11 is 0. The van der Waals surface area contributed by atoms with Crippen LogP contribution in [-0.2, 0) is 4.79 Å². The van der Waals surface area contributed by atoms with Crippen LogP contribution in [0.4, 0.5) is 5.69 Å². The van der Waals surface area contributed by atoms with E-state index in [1.165, 1.54) is 0 Å². The highest BCUT2D eigenvalue weighted by molar-refractivity contribution is 5.95. The fourth-order valence-corrected chi connectivity index (χ4v) is 2.42. The van der Waals surface area contributed by atoms with Gasteiger partial charge in [-0.25, -0.2) is 0 Å². The van der Waals surface area contributed by atoms with Gasteiger partial charge in [0.2, 0.25) is 5.91 Å². The topological polar surface area (TPSA) is 75.4 Å². The van der Waals surface area contributed by atoms with Gasteiger partial charge >= 0.3 is 0 Å². The van der Waals surface area contributed by atoms with E-state index in [0.29, 0.717) is 24.3 Å². The maximum atomic E-state index is 12.2. The Balaban J connectivity index is 1.92. The highest BCUT2D eigenvalue weighted by Crippen LogP contribution is 2.14. The molecule has 0 unspecified atom stereocenters. The molecular weight excluding hydrogens is 254 g/mol. The average molecular weight is 275 g/mol. The number of benzene rings is 1. The molecule has 20 heavy (non-hydrogen) atoms. The molecule has 0 atom stereocenters. The van der Waals surface area contributed by atoms with Gasteiger partial charge in [-0.2, -0.15) is 0 Å². The molecule has 1 aromatic carbocycles. The number of nitrogens with one attached hydrogen (secondary N) is 1. The van der Waals surface area contributed by atoms with Gasteiger partial charge in [0.1, 0.15) is 0 Å². The maximum absolute atomic E-state index is 12.2. The molecular formula is C15H21N3O2. The Morgan fingerprint density at radius 2 is 1.95 bits per heavy atom. The lowest BCUT2D eigenvalue weighted by atomic mass is 10.0. The van der Waals surface area contributed by atoms with Crippen molar-refractivity contribution in [3.8, 4) is 0 Å². The number of carbonyl (C=O) groups excluding carboxylic acids is 2. The number of likely N-dealkylation sites (tertiary alicyclic amines) is 1. The Kier molecular flexibility index (Phi) is 4.27. The summed E-state index contributed by atoms with van der Waals surface area (Å²) in [5.41, 5.74) is 7.98. The Morgan fingerprint density at radius 3 is 2.50 bits per heavy atom. The van der Waals surface area contributed by atoms with Gasteiger partial charge in [-0.15, -0.1) is 0 Å². The molecule has 0 aromatic heterocycles. The van der Waals surface area contributed by atoms with Crippen molar-refractivity contribution in [2.45, 2.75) is 32.7 Å². The predicted molar refractivity (Wildman–Crippen MR) is 78.3 cm³/mol. The molecule has 1 aliphatic rings. The minimum Gasteiger partial charge on any atom is -0.399 e. The molecule has 0 radical (unpaired) electrons. The first-order chi connectivity index (χ1) is 9.47. The van der Waals surface area contributed by atoms with Crippen LogP contribution < -0.4 is 11.1 Å². The number of carbonyl (C=O) groups is 2. The van der Waals surface area contributed by atoms with E-state index in [4.69, 9.17) is 5.73 Å². The van der Waals surface area contributed by atoms with E-state index in [2.05, 4.69) is 5.32 Å². The Morgan fingerprint density at radius 1 is 1.30 bits per heavy atom. The lowest BCUT2D eigenvalue weighted by Crippen LogP contribution is -2.46. The molecule has 5 heteroatoms. The summed E-state index contributed by atoms with van der Waals surface area (Å²) in [6.45, 7) is 4.88. The number of nitrogens with two attached hydrogens (primary N) is 1. The van der Waals surface area contributed by atoms with Crippen LogP contribution in [0.3, 0.4) is 0 Å². The molecule has 1 saturated heterocycles. The number of hydrogen-bond acceptors (Lipinski definition) is 3. The van der Waals surface area contributed by atoms with Crippen molar-refractivity contribution in [2.75, 3.05) is 18.8 Å². The second kappa shape index (κ2) is 5.94. The maximum Gasteiger partial charge on any atom is 0.251 e. The smallest absolute Gasteiger partial charge is 0.251 e. The first kappa shape index (κ1) is 14.4. The standard InChI is InChI=1S/C15H21N3O2/c1-10-9-12(3-4-14(10)16)15(20)17-13-5-7-18(8-6-13)11(2)19/h3-4,9,13H,5-8,16H2,1-2H3,(H,17,20). The quantitative estimate of drug-likeness (QED) is 0.799. The molecule has 0 aliphatic carbocycles. The van der Waals surface area contributed by atoms with E-state index < -0.39 is 0 Å². The number of anilines is 1. The van der Waals surface area contributed by atoms with Crippen LogP contribution in [0, 0.1) is 6.92 Å².